The van der Waals surface area contributed by atoms with E-state index in [1.165, 1.54) is 4.90 Å². The third kappa shape index (κ3) is 4.89. The van der Waals surface area contributed by atoms with E-state index in [0.717, 1.165) is 5.56 Å². The van der Waals surface area contributed by atoms with Crippen LogP contribution >= 0.6 is 12.4 Å². The van der Waals surface area contributed by atoms with Gasteiger partial charge in [0.05, 0.1) is 0 Å². The summed E-state index contributed by atoms with van der Waals surface area (Å²) >= 11 is 0. The van der Waals surface area contributed by atoms with Gasteiger partial charge in [0.15, 0.2) is 0 Å². The van der Waals surface area contributed by atoms with Crippen molar-refractivity contribution in [2.45, 2.75) is 13.3 Å². The number of hydrogen-bond donors (Lipinski definition) is 2. The van der Waals surface area contributed by atoms with Gasteiger partial charge in [-0.1, -0.05) is 0 Å². The van der Waals surface area contributed by atoms with Gasteiger partial charge in [-0.3, -0.25) is 9.59 Å². The van der Waals surface area contributed by atoms with Crippen molar-refractivity contribution < 1.29 is 9.59 Å². The number of hydrogen-bond acceptors (Lipinski definition) is 3. The van der Waals surface area contributed by atoms with E-state index in [4.69, 9.17) is 5.73 Å². The van der Waals surface area contributed by atoms with Gasteiger partial charge in [-0.2, -0.15) is 0 Å². The van der Waals surface area contributed by atoms with Crippen LogP contribution in [0.15, 0.2) is 18.2 Å². The standard InChI is InChI=1S/C13H19N3O2.ClH/c1-9-8-10(15-12(17)6-7-14)4-5-11(9)13(18)16(2)3;/h4-5,8H,6-7,14H2,1-3H3,(H,15,17);1H. The molecule has 3 N–H and O–H groups in total. The molecule has 6 heteroatoms. The molecule has 0 aliphatic heterocycles. The van der Waals surface area contributed by atoms with Crippen LogP contribution in [-0.4, -0.2) is 37.4 Å². The number of carbonyl (C=O) groups is 2. The van der Waals surface area contributed by atoms with Crippen LogP contribution in [0.2, 0.25) is 0 Å². The largest absolute Gasteiger partial charge is 0.345 e. The first-order chi connectivity index (χ1) is 8.45. The molecule has 2 amide bonds. The van der Waals surface area contributed by atoms with Crippen molar-refractivity contribution in [1.29, 1.82) is 0 Å². The molecular formula is C13H20ClN3O2. The van der Waals surface area contributed by atoms with Crippen molar-refractivity contribution in [3.8, 4) is 0 Å². The number of amides is 2. The number of nitrogens with zero attached hydrogens (tertiary/aromatic N) is 1. The number of halogens is 1. The average molecular weight is 286 g/mol. The van der Waals surface area contributed by atoms with E-state index in [0.29, 0.717) is 17.8 Å². The van der Waals surface area contributed by atoms with Crippen LogP contribution < -0.4 is 11.1 Å². The highest BCUT2D eigenvalue weighted by atomic mass is 35.5. The minimum atomic E-state index is -0.122. The number of anilines is 1. The summed E-state index contributed by atoms with van der Waals surface area (Å²) in [6.45, 7) is 2.16. The fourth-order valence-corrected chi connectivity index (χ4v) is 1.58. The number of rotatable bonds is 4. The third-order valence-corrected chi connectivity index (χ3v) is 2.52. The normalized spacial score (nSPS) is 9.47. The van der Waals surface area contributed by atoms with E-state index in [1.54, 1.807) is 32.3 Å². The van der Waals surface area contributed by atoms with Crippen molar-refractivity contribution in [3.63, 3.8) is 0 Å². The summed E-state index contributed by atoms with van der Waals surface area (Å²) in [4.78, 5) is 24.7. The maximum absolute atomic E-state index is 11.8. The summed E-state index contributed by atoms with van der Waals surface area (Å²) < 4.78 is 0. The van der Waals surface area contributed by atoms with Crippen molar-refractivity contribution in [3.05, 3.63) is 29.3 Å². The average Bonchev–Trinajstić information content (AvgIpc) is 2.28. The Hall–Kier alpha value is -1.59. The molecule has 0 aromatic heterocycles. The molecule has 0 heterocycles. The second kappa shape index (κ2) is 7.76. The Morgan fingerprint density at radius 1 is 1.32 bits per heavy atom. The molecule has 0 saturated heterocycles. The molecule has 0 aliphatic carbocycles. The summed E-state index contributed by atoms with van der Waals surface area (Å²) in [5, 5.41) is 2.74. The van der Waals surface area contributed by atoms with Crippen molar-refractivity contribution in [1.82, 2.24) is 4.90 Å². The zero-order valence-corrected chi connectivity index (χ0v) is 12.2. The van der Waals surface area contributed by atoms with Crippen LogP contribution in [0.3, 0.4) is 0 Å². The molecule has 106 valence electrons. The lowest BCUT2D eigenvalue weighted by atomic mass is 10.1. The number of aryl methyl sites for hydroxylation is 1. The first-order valence-corrected chi connectivity index (χ1v) is 5.78. The molecule has 0 atom stereocenters. The lowest BCUT2D eigenvalue weighted by molar-refractivity contribution is -0.116. The van der Waals surface area contributed by atoms with Gasteiger partial charge in [-0.25, -0.2) is 0 Å². The number of carbonyl (C=O) groups excluding carboxylic acids is 2. The van der Waals surface area contributed by atoms with E-state index in [9.17, 15) is 9.59 Å². The Morgan fingerprint density at radius 2 is 1.95 bits per heavy atom. The fourth-order valence-electron chi connectivity index (χ4n) is 1.58. The summed E-state index contributed by atoms with van der Waals surface area (Å²) in [6.07, 6.45) is 0.289. The minimum Gasteiger partial charge on any atom is -0.345 e. The fraction of sp³-hybridized carbons (Fsp3) is 0.385. The molecule has 0 spiro atoms. The van der Waals surface area contributed by atoms with Crippen molar-refractivity contribution >= 4 is 29.9 Å². The zero-order valence-electron chi connectivity index (χ0n) is 11.4. The maximum atomic E-state index is 11.8. The smallest absolute Gasteiger partial charge is 0.253 e. The molecule has 0 bridgehead atoms. The van der Waals surface area contributed by atoms with E-state index < -0.39 is 0 Å². The van der Waals surface area contributed by atoms with Gasteiger partial charge >= 0.3 is 0 Å². The van der Waals surface area contributed by atoms with E-state index >= 15 is 0 Å². The van der Waals surface area contributed by atoms with Gasteiger partial charge < -0.3 is 16.0 Å². The van der Waals surface area contributed by atoms with Crippen LogP contribution in [-0.2, 0) is 4.79 Å². The van der Waals surface area contributed by atoms with Gasteiger partial charge in [-0.15, -0.1) is 12.4 Å². The topological polar surface area (TPSA) is 75.4 Å². The molecule has 0 aliphatic rings. The first kappa shape index (κ1) is 17.4. The van der Waals surface area contributed by atoms with E-state index in [-0.39, 0.29) is 30.6 Å². The van der Waals surface area contributed by atoms with E-state index in [1.807, 2.05) is 6.92 Å². The SMILES string of the molecule is Cc1cc(NC(=O)CCN)ccc1C(=O)N(C)C.Cl. The highest BCUT2D eigenvalue weighted by Gasteiger charge is 2.11. The molecule has 0 saturated carbocycles. The second-order valence-corrected chi connectivity index (χ2v) is 4.32. The summed E-state index contributed by atoms with van der Waals surface area (Å²) in [7, 11) is 3.41. The Morgan fingerprint density at radius 3 is 2.42 bits per heavy atom. The second-order valence-electron chi connectivity index (χ2n) is 4.32. The Balaban J connectivity index is 0.00000324. The van der Waals surface area contributed by atoms with Crippen LogP contribution in [0.4, 0.5) is 5.69 Å². The van der Waals surface area contributed by atoms with E-state index in [2.05, 4.69) is 5.32 Å². The predicted molar refractivity (Wildman–Crippen MR) is 78.7 cm³/mol. The molecule has 5 nitrogen and oxygen atoms in total. The highest BCUT2D eigenvalue weighted by molar-refractivity contribution is 5.97. The first-order valence-electron chi connectivity index (χ1n) is 5.78. The van der Waals surface area contributed by atoms with Crippen LogP contribution in [0, 0.1) is 6.92 Å². The van der Waals surface area contributed by atoms with Crippen LogP contribution in [0.25, 0.3) is 0 Å². The molecule has 0 radical (unpaired) electrons. The predicted octanol–water partition coefficient (Wildman–Crippen LogP) is 1.41. The molecule has 19 heavy (non-hydrogen) atoms. The third-order valence-electron chi connectivity index (χ3n) is 2.52. The number of nitrogens with one attached hydrogen (secondary N) is 1. The molecular weight excluding hydrogens is 266 g/mol. The molecule has 1 aromatic carbocycles. The van der Waals surface area contributed by atoms with Gasteiger partial charge in [0, 0.05) is 38.3 Å². The Bertz CT molecular complexity index is 461. The summed E-state index contributed by atoms with van der Waals surface area (Å²) in [5.74, 6) is -0.170. The zero-order chi connectivity index (χ0) is 13.7. The maximum Gasteiger partial charge on any atom is 0.253 e. The van der Waals surface area contributed by atoms with Gasteiger partial charge in [-0.05, 0) is 30.7 Å². The van der Waals surface area contributed by atoms with Gasteiger partial charge in [0.2, 0.25) is 5.91 Å². The number of nitrogens with two attached hydrogens (primary N) is 1. The summed E-state index contributed by atoms with van der Waals surface area (Å²) in [5.41, 5.74) is 7.45. The van der Waals surface area contributed by atoms with Crippen LogP contribution in [0.5, 0.6) is 0 Å². The molecule has 0 fully saturated rings. The van der Waals surface area contributed by atoms with Gasteiger partial charge in [0.1, 0.15) is 0 Å². The Labute approximate surface area is 119 Å². The van der Waals surface area contributed by atoms with Crippen molar-refractivity contribution in [2.75, 3.05) is 26.0 Å². The van der Waals surface area contributed by atoms with Crippen molar-refractivity contribution in [2.24, 2.45) is 5.73 Å². The monoisotopic (exact) mass is 285 g/mol. The quantitative estimate of drug-likeness (QED) is 0.878. The lowest BCUT2D eigenvalue weighted by Gasteiger charge is -2.13. The van der Waals surface area contributed by atoms with Crippen LogP contribution in [0.1, 0.15) is 22.3 Å². The number of benzene rings is 1. The molecule has 1 aromatic rings. The van der Waals surface area contributed by atoms with Gasteiger partial charge in [0.25, 0.3) is 5.91 Å². The lowest BCUT2D eigenvalue weighted by Crippen LogP contribution is -2.22. The Kier molecular flexibility index (Phi) is 7.11. The minimum absolute atomic E-state index is 0. The molecule has 0 unspecified atom stereocenters. The summed E-state index contributed by atoms with van der Waals surface area (Å²) in [6, 6.07) is 5.22. The highest BCUT2D eigenvalue weighted by Crippen LogP contribution is 2.16. The molecule has 1 rings (SSSR count).